The first-order valence-corrected chi connectivity index (χ1v) is 9.22. The lowest BCUT2D eigenvalue weighted by Gasteiger charge is -2.05. The summed E-state index contributed by atoms with van der Waals surface area (Å²) < 4.78 is 12.0. The van der Waals surface area contributed by atoms with Crippen molar-refractivity contribution in [3.05, 3.63) is 54.4 Å². The molecule has 0 saturated heterocycles. The largest absolute Gasteiger partial charge is 0.497 e. The van der Waals surface area contributed by atoms with Crippen molar-refractivity contribution >= 4 is 18.4 Å². The average Bonchev–Trinajstić information content (AvgIpc) is 3.17. The lowest BCUT2D eigenvalue weighted by atomic mass is 10.1. The molecule has 0 unspecified atom stereocenters. The molecule has 2 N–H and O–H groups in total. The fraction of sp³-hybridized carbons (Fsp3) is 0.286. The van der Waals surface area contributed by atoms with Crippen LogP contribution in [0.5, 0.6) is 5.75 Å². The van der Waals surface area contributed by atoms with Crippen LogP contribution in [-0.4, -0.2) is 41.0 Å². The van der Waals surface area contributed by atoms with Crippen molar-refractivity contribution in [2.45, 2.75) is 19.9 Å². The molecular weight excluding hydrogens is 392 g/mol. The second-order valence-corrected chi connectivity index (χ2v) is 6.16. The van der Waals surface area contributed by atoms with Crippen LogP contribution in [0.1, 0.15) is 23.8 Å². The number of carbonyl (C=O) groups excluding carboxylic acids is 1. The molecule has 3 rings (SSSR count). The number of carbonyl (C=O) groups is 1. The topological polar surface area (TPSA) is 92.3 Å². The normalized spacial score (nSPS) is 10.3. The molecule has 0 amide bonds. The molecule has 2 aromatic heterocycles. The Bertz CT molecular complexity index is 941. The van der Waals surface area contributed by atoms with Crippen molar-refractivity contribution in [3.63, 3.8) is 0 Å². The highest BCUT2D eigenvalue weighted by Gasteiger charge is 2.17. The van der Waals surface area contributed by atoms with Crippen LogP contribution in [0.15, 0.2) is 48.7 Å². The van der Waals surface area contributed by atoms with E-state index in [0.29, 0.717) is 31.1 Å². The number of benzene rings is 1. The van der Waals surface area contributed by atoms with Gasteiger partial charge < -0.3 is 15.2 Å². The molecule has 7 nitrogen and oxygen atoms in total. The third kappa shape index (κ3) is 5.34. The molecular formula is C21H25ClN4O3. The molecule has 1 aromatic carbocycles. The molecule has 0 fully saturated rings. The highest BCUT2D eigenvalue weighted by atomic mass is 35.5. The summed E-state index contributed by atoms with van der Waals surface area (Å²) in [5.41, 5.74) is 9.38. The SMILES string of the molecule is CCOC(=O)c1cc(-c2ccnc(-c3ccc(OC)cc3)c2)nn1CCCN.Cl. The van der Waals surface area contributed by atoms with Crippen LogP contribution in [0.4, 0.5) is 0 Å². The van der Waals surface area contributed by atoms with Gasteiger partial charge in [-0.2, -0.15) is 5.10 Å². The van der Waals surface area contributed by atoms with Gasteiger partial charge >= 0.3 is 5.97 Å². The van der Waals surface area contributed by atoms with Crippen LogP contribution >= 0.6 is 12.4 Å². The standard InChI is InChI=1S/C21H24N4O3.ClH/c1-3-28-21(26)20-14-19(24-25(20)12-4-10-22)16-9-11-23-18(13-16)15-5-7-17(27-2)8-6-15;/h5-9,11,13-14H,3-4,10,12,22H2,1-2H3;1H. The smallest absolute Gasteiger partial charge is 0.356 e. The summed E-state index contributed by atoms with van der Waals surface area (Å²) >= 11 is 0. The second-order valence-electron chi connectivity index (χ2n) is 6.16. The summed E-state index contributed by atoms with van der Waals surface area (Å²) in [6.45, 7) is 3.17. The summed E-state index contributed by atoms with van der Waals surface area (Å²) in [6.07, 6.45) is 2.46. The Morgan fingerprint density at radius 1 is 1.10 bits per heavy atom. The molecule has 0 spiro atoms. The molecule has 29 heavy (non-hydrogen) atoms. The summed E-state index contributed by atoms with van der Waals surface area (Å²) in [5, 5.41) is 4.60. The van der Waals surface area contributed by atoms with E-state index in [2.05, 4.69) is 10.1 Å². The van der Waals surface area contributed by atoms with E-state index in [4.69, 9.17) is 15.2 Å². The van der Waals surface area contributed by atoms with E-state index >= 15 is 0 Å². The van der Waals surface area contributed by atoms with Gasteiger partial charge in [-0.3, -0.25) is 9.67 Å². The van der Waals surface area contributed by atoms with Crippen LogP contribution in [0.2, 0.25) is 0 Å². The van der Waals surface area contributed by atoms with E-state index in [1.54, 1.807) is 31.0 Å². The average molecular weight is 417 g/mol. The number of methoxy groups -OCH3 is 1. The number of pyridine rings is 1. The van der Waals surface area contributed by atoms with Crippen LogP contribution in [0, 0.1) is 0 Å². The number of halogens is 1. The maximum atomic E-state index is 12.3. The highest BCUT2D eigenvalue weighted by Crippen LogP contribution is 2.26. The molecule has 8 heteroatoms. The van der Waals surface area contributed by atoms with Crippen LogP contribution < -0.4 is 10.5 Å². The first-order chi connectivity index (χ1) is 13.7. The summed E-state index contributed by atoms with van der Waals surface area (Å²) in [7, 11) is 1.63. The molecule has 0 bridgehead atoms. The number of rotatable bonds is 8. The first kappa shape index (κ1) is 22.4. The summed E-state index contributed by atoms with van der Waals surface area (Å²) in [4.78, 5) is 16.7. The van der Waals surface area contributed by atoms with E-state index < -0.39 is 0 Å². The van der Waals surface area contributed by atoms with E-state index in [1.807, 2.05) is 36.4 Å². The number of ether oxygens (including phenoxy) is 2. The van der Waals surface area contributed by atoms with Gasteiger partial charge in [0.25, 0.3) is 0 Å². The van der Waals surface area contributed by atoms with Gasteiger partial charge in [-0.15, -0.1) is 12.4 Å². The zero-order valence-corrected chi connectivity index (χ0v) is 17.3. The molecule has 0 saturated carbocycles. The minimum Gasteiger partial charge on any atom is -0.497 e. The molecule has 0 aliphatic rings. The predicted octanol–water partition coefficient (Wildman–Crippen LogP) is 3.57. The van der Waals surface area contributed by atoms with Crippen molar-refractivity contribution in [1.29, 1.82) is 0 Å². The zero-order valence-electron chi connectivity index (χ0n) is 16.5. The fourth-order valence-electron chi connectivity index (χ4n) is 2.85. The number of aromatic nitrogens is 3. The molecule has 3 aromatic rings. The number of aryl methyl sites for hydroxylation is 1. The Hall–Kier alpha value is -2.90. The van der Waals surface area contributed by atoms with Gasteiger partial charge in [0.05, 0.1) is 25.1 Å². The zero-order chi connectivity index (χ0) is 19.9. The minimum atomic E-state index is -0.386. The van der Waals surface area contributed by atoms with E-state index in [1.165, 1.54) is 0 Å². The van der Waals surface area contributed by atoms with Gasteiger partial charge in [-0.1, -0.05) is 0 Å². The number of hydrogen-bond donors (Lipinski definition) is 1. The molecule has 154 valence electrons. The molecule has 0 atom stereocenters. The van der Waals surface area contributed by atoms with Gasteiger partial charge in [0.2, 0.25) is 0 Å². The third-order valence-corrected chi connectivity index (χ3v) is 4.28. The maximum Gasteiger partial charge on any atom is 0.356 e. The number of nitrogens with zero attached hydrogens (tertiary/aromatic N) is 3. The summed E-state index contributed by atoms with van der Waals surface area (Å²) in [6, 6.07) is 13.3. The number of hydrogen-bond acceptors (Lipinski definition) is 6. The fourth-order valence-corrected chi connectivity index (χ4v) is 2.85. The maximum absolute atomic E-state index is 12.3. The van der Waals surface area contributed by atoms with Gasteiger partial charge in [-0.25, -0.2) is 4.79 Å². The van der Waals surface area contributed by atoms with E-state index in [9.17, 15) is 4.79 Å². The third-order valence-electron chi connectivity index (χ3n) is 4.28. The van der Waals surface area contributed by atoms with Crippen molar-refractivity contribution in [2.75, 3.05) is 20.3 Å². The Morgan fingerprint density at radius 3 is 2.52 bits per heavy atom. The van der Waals surface area contributed by atoms with Crippen molar-refractivity contribution in [3.8, 4) is 28.3 Å². The number of nitrogens with two attached hydrogens (primary N) is 1. The van der Waals surface area contributed by atoms with Gasteiger partial charge in [-0.05, 0) is 62.4 Å². The van der Waals surface area contributed by atoms with Crippen molar-refractivity contribution < 1.29 is 14.3 Å². The Morgan fingerprint density at radius 2 is 1.86 bits per heavy atom. The molecule has 2 heterocycles. The van der Waals surface area contributed by atoms with Gasteiger partial charge in [0.15, 0.2) is 0 Å². The second kappa shape index (κ2) is 10.6. The highest BCUT2D eigenvalue weighted by molar-refractivity contribution is 5.89. The predicted molar refractivity (Wildman–Crippen MR) is 114 cm³/mol. The van der Waals surface area contributed by atoms with E-state index in [0.717, 1.165) is 29.0 Å². The summed E-state index contributed by atoms with van der Waals surface area (Å²) in [5.74, 6) is 0.403. The lowest BCUT2D eigenvalue weighted by molar-refractivity contribution is 0.0511. The van der Waals surface area contributed by atoms with Crippen LogP contribution in [0.25, 0.3) is 22.5 Å². The quantitative estimate of drug-likeness (QED) is 0.564. The van der Waals surface area contributed by atoms with Crippen LogP contribution in [-0.2, 0) is 11.3 Å². The molecule has 0 aliphatic carbocycles. The monoisotopic (exact) mass is 416 g/mol. The van der Waals surface area contributed by atoms with Crippen LogP contribution in [0.3, 0.4) is 0 Å². The van der Waals surface area contributed by atoms with E-state index in [-0.39, 0.29) is 18.4 Å². The lowest BCUT2D eigenvalue weighted by Crippen LogP contribution is -2.15. The van der Waals surface area contributed by atoms with Crippen molar-refractivity contribution in [1.82, 2.24) is 14.8 Å². The number of esters is 1. The molecule has 0 radical (unpaired) electrons. The minimum absolute atomic E-state index is 0. The molecule has 0 aliphatic heterocycles. The van der Waals surface area contributed by atoms with Crippen molar-refractivity contribution in [2.24, 2.45) is 5.73 Å². The Kier molecular flexibility index (Phi) is 8.18. The Labute approximate surface area is 176 Å². The first-order valence-electron chi connectivity index (χ1n) is 9.22. The van der Waals surface area contributed by atoms with Gasteiger partial charge in [0.1, 0.15) is 11.4 Å². The Balaban J connectivity index is 0.00000300. The van der Waals surface area contributed by atoms with Gasteiger partial charge in [0, 0.05) is 23.9 Å².